The van der Waals surface area contributed by atoms with Gasteiger partial charge in [-0.15, -0.1) is 0 Å². The first-order chi connectivity index (χ1) is 5.83. The Labute approximate surface area is 73.6 Å². The van der Waals surface area contributed by atoms with Gasteiger partial charge >= 0.3 is 0 Å². The molecule has 0 fully saturated rings. The predicted octanol–water partition coefficient (Wildman–Crippen LogP) is 1.80. The number of halogens is 1. The van der Waals surface area contributed by atoms with Crippen LogP contribution in [0.5, 0.6) is 0 Å². The monoisotopic (exact) mass is 180 g/mol. The molecule has 0 unspecified atom stereocenters. The fourth-order valence-corrected chi connectivity index (χ4v) is 1.30. The first-order valence-electron chi connectivity index (χ1n) is 3.39. The number of hydrogen-bond donors (Lipinski definition) is 0. The molecular weight excluding hydrogens is 176 g/mol. The van der Waals surface area contributed by atoms with Crippen molar-refractivity contribution in [1.82, 2.24) is 9.38 Å². The second kappa shape index (κ2) is 2.60. The Balaban J connectivity index is 2.88. The molecule has 0 aliphatic heterocycles. The van der Waals surface area contributed by atoms with Crippen LogP contribution in [0.15, 0.2) is 24.5 Å². The first-order valence-corrected chi connectivity index (χ1v) is 3.77. The lowest BCUT2D eigenvalue weighted by Crippen LogP contribution is -1.84. The Morgan fingerprint density at radius 1 is 1.50 bits per heavy atom. The zero-order valence-electron chi connectivity index (χ0n) is 6.07. The van der Waals surface area contributed by atoms with Crippen molar-refractivity contribution in [2.45, 2.75) is 0 Å². The summed E-state index contributed by atoms with van der Waals surface area (Å²) in [5.41, 5.74) is 1.15. The number of aldehydes is 1. The van der Waals surface area contributed by atoms with Crippen LogP contribution in [-0.4, -0.2) is 15.7 Å². The third kappa shape index (κ3) is 0.905. The fraction of sp³-hybridized carbons (Fsp3) is 0. The molecule has 0 N–H and O–H groups in total. The number of carbonyl (C=O) groups is 1. The van der Waals surface area contributed by atoms with Crippen LogP contribution in [0.25, 0.3) is 5.52 Å². The van der Waals surface area contributed by atoms with E-state index in [0.29, 0.717) is 17.1 Å². The molecule has 0 spiro atoms. The molecule has 12 heavy (non-hydrogen) atoms. The number of fused-ring (bicyclic) bond motifs is 1. The van der Waals surface area contributed by atoms with Crippen LogP contribution < -0.4 is 0 Å². The minimum Gasteiger partial charge on any atom is -0.296 e. The van der Waals surface area contributed by atoms with E-state index in [1.165, 1.54) is 6.33 Å². The molecule has 0 bridgehead atoms. The van der Waals surface area contributed by atoms with Gasteiger partial charge in [0.25, 0.3) is 0 Å². The smallest absolute Gasteiger partial charge is 0.170 e. The number of hydrogen-bond acceptors (Lipinski definition) is 2. The lowest BCUT2D eigenvalue weighted by molar-refractivity contribution is 0.112. The van der Waals surface area contributed by atoms with Gasteiger partial charge < -0.3 is 0 Å². The van der Waals surface area contributed by atoms with Crippen LogP contribution in [0, 0.1) is 0 Å². The van der Waals surface area contributed by atoms with E-state index in [1.807, 2.05) is 0 Å². The van der Waals surface area contributed by atoms with E-state index >= 15 is 0 Å². The number of imidazole rings is 1. The maximum Gasteiger partial charge on any atom is 0.170 e. The average Bonchev–Trinajstić information content (AvgIpc) is 2.49. The highest BCUT2D eigenvalue weighted by atomic mass is 35.5. The van der Waals surface area contributed by atoms with Crippen molar-refractivity contribution in [3.63, 3.8) is 0 Å². The number of aromatic nitrogens is 2. The minimum atomic E-state index is 0.414. The second-order valence-electron chi connectivity index (χ2n) is 2.35. The van der Waals surface area contributed by atoms with E-state index in [0.717, 1.165) is 5.52 Å². The molecule has 0 aliphatic rings. The van der Waals surface area contributed by atoms with E-state index in [4.69, 9.17) is 11.6 Å². The third-order valence-corrected chi connectivity index (χ3v) is 1.97. The molecule has 2 aromatic rings. The topological polar surface area (TPSA) is 34.4 Å². The van der Waals surface area contributed by atoms with Crippen molar-refractivity contribution in [2.24, 2.45) is 0 Å². The summed E-state index contributed by atoms with van der Waals surface area (Å²) in [6.45, 7) is 0. The highest BCUT2D eigenvalue weighted by Gasteiger charge is 2.03. The van der Waals surface area contributed by atoms with Gasteiger partial charge in [-0.3, -0.25) is 9.20 Å². The zero-order valence-corrected chi connectivity index (χ0v) is 6.82. The van der Waals surface area contributed by atoms with E-state index in [9.17, 15) is 4.79 Å². The Morgan fingerprint density at radius 2 is 2.33 bits per heavy atom. The van der Waals surface area contributed by atoms with Gasteiger partial charge in [-0.2, -0.15) is 0 Å². The Bertz CT molecular complexity index is 436. The largest absolute Gasteiger partial charge is 0.296 e. The summed E-state index contributed by atoms with van der Waals surface area (Å²) in [6, 6.07) is 5.32. The molecule has 2 heterocycles. The molecular formula is C8H5ClN2O. The van der Waals surface area contributed by atoms with Crippen molar-refractivity contribution in [2.75, 3.05) is 0 Å². The summed E-state index contributed by atoms with van der Waals surface area (Å²) in [4.78, 5) is 14.4. The summed E-state index contributed by atoms with van der Waals surface area (Å²) in [5, 5.41) is 0.549. The second-order valence-corrected chi connectivity index (χ2v) is 2.74. The number of rotatable bonds is 1. The van der Waals surface area contributed by atoms with Gasteiger partial charge in [0, 0.05) is 0 Å². The van der Waals surface area contributed by atoms with Crippen LogP contribution >= 0.6 is 11.6 Å². The molecule has 0 aromatic carbocycles. The van der Waals surface area contributed by atoms with Gasteiger partial charge in [0.2, 0.25) is 0 Å². The molecule has 0 aliphatic carbocycles. The van der Waals surface area contributed by atoms with Gasteiger partial charge in [-0.25, -0.2) is 4.98 Å². The van der Waals surface area contributed by atoms with E-state index in [-0.39, 0.29) is 0 Å². The van der Waals surface area contributed by atoms with Gasteiger partial charge in [0.05, 0.1) is 5.52 Å². The first kappa shape index (κ1) is 7.31. The molecule has 2 aromatic heterocycles. The zero-order chi connectivity index (χ0) is 8.55. The van der Waals surface area contributed by atoms with Crippen molar-refractivity contribution >= 4 is 23.4 Å². The molecule has 3 nitrogen and oxygen atoms in total. The lowest BCUT2D eigenvalue weighted by atomic mass is 10.3. The van der Waals surface area contributed by atoms with Crippen molar-refractivity contribution in [3.8, 4) is 0 Å². The molecule has 2 rings (SSSR count). The average molecular weight is 181 g/mol. The van der Waals surface area contributed by atoms with Crippen LogP contribution in [0.2, 0.25) is 5.15 Å². The maximum atomic E-state index is 10.5. The van der Waals surface area contributed by atoms with Gasteiger partial charge in [-0.05, 0) is 12.1 Å². The molecule has 60 valence electrons. The highest BCUT2D eigenvalue weighted by Crippen LogP contribution is 2.14. The van der Waals surface area contributed by atoms with Crippen molar-refractivity contribution < 1.29 is 4.79 Å². The molecule has 0 atom stereocenters. The highest BCUT2D eigenvalue weighted by molar-refractivity contribution is 6.29. The van der Waals surface area contributed by atoms with E-state index in [1.54, 1.807) is 22.6 Å². The molecule has 4 heteroatoms. The summed E-state index contributed by atoms with van der Waals surface area (Å²) in [7, 11) is 0. The maximum absolute atomic E-state index is 10.5. The fourth-order valence-electron chi connectivity index (χ4n) is 1.10. The normalized spacial score (nSPS) is 10.4. The van der Waals surface area contributed by atoms with Gasteiger partial charge in [-0.1, -0.05) is 17.7 Å². The summed E-state index contributed by atoms with van der Waals surface area (Å²) < 4.78 is 1.66. The third-order valence-electron chi connectivity index (χ3n) is 1.66. The van der Waals surface area contributed by atoms with Crippen LogP contribution in [0.3, 0.4) is 0 Å². The Hall–Kier alpha value is -1.35. The number of pyridine rings is 1. The van der Waals surface area contributed by atoms with Gasteiger partial charge in [0.15, 0.2) is 6.29 Å². The molecule has 0 amide bonds. The quantitative estimate of drug-likeness (QED) is 0.496. The summed E-state index contributed by atoms with van der Waals surface area (Å²) in [6.07, 6.45) is 2.24. The van der Waals surface area contributed by atoms with E-state index < -0.39 is 0 Å². The molecule has 0 saturated carbocycles. The van der Waals surface area contributed by atoms with Crippen LogP contribution in [0.1, 0.15) is 10.5 Å². The van der Waals surface area contributed by atoms with Crippen LogP contribution in [0.4, 0.5) is 0 Å². The van der Waals surface area contributed by atoms with Gasteiger partial charge in [0.1, 0.15) is 17.2 Å². The predicted molar refractivity (Wildman–Crippen MR) is 45.6 cm³/mol. The van der Waals surface area contributed by atoms with Crippen molar-refractivity contribution in [1.29, 1.82) is 0 Å². The lowest BCUT2D eigenvalue weighted by Gasteiger charge is -1.94. The van der Waals surface area contributed by atoms with E-state index in [2.05, 4.69) is 4.98 Å². The Morgan fingerprint density at radius 3 is 3.08 bits per heavy atom. The van der Waals surface area contributed by atoms with Crippen LogP contribution in [-0.2, 0) is 0 Å². The number of carbonyl (C=O) groups excluding carboxylic acids is 1. The summed E-state index contributed by atoms with van der Waals surface area (Å²) >= 11 is 5.83. The number of nitrogens with zero attached hydrogens (tertiary/aromatic N) is 2. The standard InChI is InChI=1S/C8H5ClN2O/c9-8-3-1-2-7-6(4-12)10-5-11(7)8/h1-5H. The molecule has 0 radical (unpaired) electrons. The molecule has 0 saturated heterocycles. The SMILES string of the molecule is O=Cc1ncn2c(Cl)cccc12. The Kier molecular flexibility index (Phi) is 1.59. The summed E-state index contributed by atoms with van der Waals surface area (Å²) in [5.74, 6) is 0. The van der Waals surface area contributed by atoms with Crippen molar-refractivity contribution in [3.05, 3.63) is 35.4 Å². The minimum absolute atomic E-state index is 0.414.